The van der Waals surface area contributed by atoms with E-state index in [9.17, 15) is 9.18 Å². The molecule has 0 saturated heterocycles. The molecule has 2 rings (SSSR count). The molecule has 0 radical (unpaired) electrons. The first-order valence-corrected chi connectivity index (χ1v) is 5.17. The molecule has 1 amide bonds. The number of carbonyl (C=O) groups is 1. The molecule has 4 N–H and O–H groups in total. The fourth-order valence-corrected chi connectivity index (χ4v) is 1.42. The predicted octanol–water partition coefficient (Wildman–Crippen LogP) is 0.412. The quantitative estimate of drug-likeness (QED) is 0.683. The summed E-state index contributed by atoms with van der Waals surface area (Å²) in [6.07, 6.45) is 0. The molecule has 0 aliphatic heterocycles. The van der Waals surface area contributed by atoms with Crippen molar-refractivity contribution in [1.29, 1.82) is 0 Å². The van der Waals surface area contributed by atoms with E-state index in [4.69, 9.17) is 5.73 Å². The Balaban J connectivity index is 2.15. The van der Waals surface area contributed by atoms with E-state index in [1.807, 2.05) is 0 Å². The molecule has 0 fully saturated rings. The molecule has 0 saturated carbocycles. The van der Waals surface area contributed by atoms with Crippen LogP contribution in [0.1, 0.15) is 29.1 Å². The minimum Gasteiger partial charge on any atom is -0.398 e. The van der Waals surface area contributed by atoms with Gasteiger partial charge in [0.2, 0.25) is 0 Å². The van der Waals surface area contributed by atoms with Crippen molar-refractivity contribution in [3.8, 4) is 0 Å². The van der Waals surface area contributed by atoms with Crippen LogP contribution in [0.15, 0.2) is 18.2 Å². The Morgan fingerprint density at radius 3 is 3.00 bits per heavy atom. The Labute approximate surface area is 102 Å². The van der Waals surface area contributed by atoms with Gasteiger partial charge in [-0.1, -0.05) is 5.21 Å². The number of nitrogens with two attached hydrogens (primary N) is 1. The van der Waals surface area contributed by atoms with E-state index >= 15 is 0 Å². The van der Waals surface area contributed by atoms with Gasteiger partial charge in [0.15, 0.2) is 5.82 Å². The fourth-order valence-electron chi connectivity index (χ4n) is 1.42. The van der Waals surface area contributed by atoms with Gasteiger partial charge in [-0.3, -0.25) is 4.79 Å². The molecule has 8 heteroatoms. The van der Waals surface area contributed by atoms with Crippen LogP contribution in [0.5, 0.6) is 0 Å². The molecule has 0 bridgehead atoms. The lowest BCUT2D eigenvalue weighted by Crippen LogP contribution is -2.28. The van der Waals surface area contributed by atoms with Crippen LogP contribution in [-0.2, 0) is 0 Å². The van der Waals surface area contributed by atoms with Gasteiger partial charge in [0.25, 0.3) is 5.91 Å². The van der Waals surface area contributed by atoms with Crippen LogP contribution < -0.4 is 11.1 Å². The van der Waals surface area contributed by atoms with E-state index in [2.05, 4.69) is 25.9 Å². The third kappa shape index (κ3) is 2.42. The maximum Gasteiger partial charge on any atom is 0.254 e. The van der Waals surface area contributed by atoms with Crippen LogP contribution in [0, 0.1) is 5.82 Å². The largest absolute Gasteiger partial charge is 0.398 e. The number of aromatic nitrogens is 4. The van der Waals surface area contributed by atoms with Crippen molar-refractivity contribution < 1.29 is 9.18 Å². The number of rotatable bonds is 3. The number of benzene rings is 1. The first-order chi connectivity index (χ1) is 8.58. The minimum absolute atomic E-state index is 0.0744. The van der Waals surface area contributed by atoms with Gasteiger partial charge in [0, 0.05) is 5.69 Å². The number of nitrogen functional groups attached to an aromatic ring is 1. The zero-order valence-corrected chi connectivity index (χ0v) is 9.51. The Morgan fingerprint density at radius 1 is 1.56 bits per heavy atom. The molecule has 1 unspecified atom stereocenters. The number of carbonyl (C=O) groups excluding carboxylic acids is 1. The first kappa shape index (κ1) is 12.0. The Bertz CT molecular complexity index is 556. The van der Waals surface area contributed by atoms with Crippen molar-refractivity contribution in [2.45, 2.75) is 13.0 Å². The van der Waals surface area contributed by atoms with Gasteiger partial charge in [0.1, 0.15) is 5.82 Å². The average Bonchev–Trinajstić information content (AvgIpc) is 2.85. The van der Waals surface area contributed by atoms with E-state index in [1.165, 1.54) is 12.1 Å². The van der Waals surface area contributed by atoms with E-state index in [-0.39, 0.29) is 11.3 Å². The summed E-state index contributed by atoms with van der Waals surface area (Å²) >= 11 is 0. The second-order valence-electron chi connectivity index (χ2n) is 3.70. The van der Waals surface area contributed by atoms with Crippen LogP contribution in [-0.4, -0.2) is 26.5 Å². The van der Waals surface area contributed by atoms with Crippen LogP contribution in [0.4, 0.5) is 10.1 Å². The van der Waals surface area contributed by atoms with Crippen LogP contribution in [0.2, 0.25) is 0 Å². The van der Waals surface area contributed by atoms with Crippen molar-refractivity contribution in [3.05, 3.63) is 35.4 Å². The van der Waals surface area contributed by atoms with Crippen molar-refractivity contribution in [2.75, 3.05) is 5.73 Å². The minimum atomic E-state index is -0.526. The SMILES string of the molecule is CC(NC(=O)c1cc(F)ccc1N)c1nn[nH]n1. The van der Waals surface area contributed by atoms with Gasteiger partial charge < -0.3 is 11.1 Å². The summed E-state index contributed by atoms with van der Waals surface area (Å²) in [5, 5.41) is 15.7. The van der Waals surface area contributed by atoms with Gasteiger partial charge in [-0.05, 0) is 25.1 Å². The third-order valence-electron chi connectivity index (χ3n) is 2.36. The number of hydrogen-bond donors (Lipinski definition) is 3. The lowest BCUT2D eigenvalue weighted by molar-refractivity contribution is 0.0938. The van der Waals surface area contributed by atoms with Gasteiger partial charge >= 0.3 is 0 Å². The zero-order chi connectivity index (χ0) is 13.1. The lowest BCUT2D eigenvalue weighted by atomic mass is 10.1. The number of halogens is 1. The summed E-state index contributed by atoms with van der Waals surface area (Å²) in [5.74, 6) is -0.691. The van der Waals surface area contributed by atoms with Crippen molar-refractivity contribution in [2.24, 2.45) is 0 Å². The normalized spacial score (nSPS) is 12.1. The number of H-pyrrole nitrogens is 1. The van der Waals surface area contributed by atoms with Crippen molar-refractivity contribution in [3.63, 3.8) is 0 Å². The lowest BCUT2D eigenvalue weighted by Gasteiger charge is -2.11. The molecule has 0 aliphatic rings. The van der Waals surface area contributed by atoms with Gasteiger partial charge in [-0.25, -0.2) is 4.39 Å². The number of amides is 1. The highest BCUT2D eigenvalue weighted by Gasteiger charge is 2.16. The maximum atomic E-state index is 13.0. The highest BCUT2D eigenvalue weighted by atomic mass is 19.1. The molecule has 1 aromatic carbocycles. The topological polar surface area (TPSA) is 110 Å². The Kier molecular flexibility index (Phi) is 3.18. The predicted molar refractivity (Wildman–Crippen MR) is 60.9 cm³/mol. The number of tetrazole rings is 1. The third-order valence-corrected chi connectivity index (χ3v) is 2.36. The summed E-state index contributed by atoms with van der Waals surface area (Å²) in [5.41, 5.74) is 5.88. The second kappa shape index (κ2) is 4.78. The van der Waals surface area contributed by atoms with Gasteiger partial charge in [-0.15, -0.1) is 10.2 Å². The van der Waals surface area contributed by atoms with Crippen LogP contribution in [0.3, 0.4) is 0 Å². The first-order valence-electron chi connectivity index (χ1n) is 5.17. The molecule has 1 aromatic heterocycles. The number of aromatic amines is 1. The van der Waals surface area contributed by atoms with E-state index < -0.39 is 17.8 Å². The smallest absolute Gasteiger partial charge is 0.254 e. The molecule has 94 valence electrons. The maximum absolute atomic E-state index is 13.0. The fraction of sp³-hybridized carbons (Fsp3) is 0.200. The monoisotopic (exact) mass is 250 g/mol. The van der Waals surface area contributed by atoms with E-state index in [0.717, 1.165) is 6.07 Å². The summed E-state index contributed by atoms with van der Waals surface area (Å²) in [6.45, 7) is 1.68. The molecule has 7 nitrogen and oxygen atoms in total. The van der Waals surface area contributed by atoms with Gasteiger partial charge in [0.05, 0.1) is 11.6 Å². The Morgan fingerprint density at radius 2 is 2.33 bits per heavy atom. The average molecular weight is 250 g/mol. The molecular weight excluding hydrogens is 239 g/mol. The molecule has 0 spiro atoms. The number of nitrogens with one attached hydrogen (secondary N) is 2. The van der Waals surface area contributed by atoms with Crippen molar-refractivity contribution >= 4 is 11.6 Å². The second-order valence-corrected chi connectivity index (χ2v) is 3.70. The standard InChI is InChI=1S/C10H11FN6O/c1-5(9-14-16-17-15-9)13-10(18)7-4-6(11)2-3-8(7)12/h2-5H,12H2,1H3,(H,13,18)(H,14,15,16,17). The molecule has 18 heavy (non-hydrogen) atoms. The van der Waals surface area contributed by atoms with Crippen molar-refractivity contribution in [1.82, 2.24) is 25.9 Å². The highest BCUT2D eigenvalue weighted by Crippen LogP contribution is 2.14. The van der Waals surface area contributed by atoms with Gasteiger partial charge in [-0.2, -0.15) is 5.21 Å². The Hall–Kier alpha value is -2.51. The molecule has 0 aliphatic carbocycles. The molecule has 1 atom stereocenters. The van der Waals surface area contributed by atoms with Crippen LogP contribution in [0.25, 0.3) is 0 Å². The molecule has 1 heterocycles. The van der Waals surface area contributed by atoms with E-state index in [0.29, 0.717) is 5.82 Å². The van der Waals surface area contributed by atoms with E-state index in [1.54, 1.807) is 6.92 Å². The molecular formula is C10H11FN6O. The number of anilines is 1. The summed E-state index contributed by atoms with van der Waals surface area (Å²) < 4.78 is 13.0. The highest BCUT2D eigenvalue weighted by molar-refractivity contribution is 5.99. The number of hydrogen-bond acceptors (Lipinski definition) is 5. The molecule has 2 aromatic rings. The summed E-state index contributed by atoms with van der Waals surface area (Å²) in [6, 6.07) is 3.14. The summed E-state index contributed by atoms with van der Waals surface area (Å²) in [4.78, 5) is 11.9. The number of nitrogens with zero attached hydrogens (tertiary/aromatic N) is 3. The van der Waals surface area contributed by atoms with Crippen LogP contribution >= 0.6 is 0 Å². The zero-order valence-electron chi connectivity index (χ0n) is 9.51. The summed E-state index contributed by atoms with van der Waals surface area (Å²) in [7, 11) is 0.